The predicted molar refractivity (Wildman–Crippen MR) is 92.9 cm³/mol. The van der Waals surface area contributed by atoms with Gasteiger partial charge in [0.25, 0.3) is 0 Å². The standard InChI is InChI=1S/C17H36N4/c1-6-15(7-2)11-19-17(18-5)20-12-16-9-8-10-21(13-16)14(3)4/h14-16H,6-13H2,1-5H3,(H2,18,19,20). The quantitative estimate of drug-likeness (QED) is 0.560. The Hall–Kier alpha value is -0.770. The Kier molecular flexibility index (Phi) is 8.74. The predicted octanol–water partition coefficient (Wildman–Crippen LogP) is 2.71. The first kappa shape index (κ1) is 18.3. The zero-order valence-electron chi connectivity index (χ0n) is 14.8. The summed E-state index contributed by atoms with van der Waals surface area (Å²) >= 11 is 0. The Morgan fingerprint density at radius 3 is 2.52 bits per heavy atom. The summed E-state index contributed by atoms with van der Waals surface area (Å²) in [6.45, 7) is 13.6. The number of guanidine groups is 1. The van der Waals surface area contributed by atoms with E-state index in [0.717, 1.165) is 30.9 Å². The van der Waals surface area contributed by atoms with Crippen molar-refractivity contribution in [2.24, 2.45) is 16.8 Å². The van der Waals surface area contributed by atoms with Gasteiger partial charge in [-0.25, -0.2) is 0 Å². The molecule has 1 heterocycles. The number of likely N-dealkylation sites (tertiary alicyclic amines) is 1. The summed E-state index contributed by atoms with van der Waals surface area (Å²) in [6.07, 6.45) is 5.11. The van der Waals surface area contributed by atoms with Crippen LogP contribution in [0.4, 0.5) is 0 Å². The molecule has 0 bridgehead atoms. The lowest BCUT2D eigenvalue weighted by Crippen LogP contribution is -2.46. The molecule has 0 saturated carbocycles. The second-order valence-electron chi connectivity index (χ2n) is 6.61. The number of nitrogens with zero attached hydrogens (tertiary/aromatic N) is 2. The molecular formula is C17H36N4. The van der Waals surface area contributed by atoms with Gasteiger partial charge in [0.15, 0.2) is 5.96 Å². The molecule has 124 valence electrons. The van der Waals surface area contributed by atoms with E-state index >= 15 is 0 Å². The molecule has 0 aliphatic carbocycles. The minimum Gasteiger partial charge on any atom is -0.356 e. The third-order valence-corrected chi connectivity index (χ3v) is 4.78. The zero-order chi connectivity index (χ0) is 15.7. The van der Waals surface area contributed by atoms with Gasteiger partial charge < -0.3 is 15.5 Å². The molecule has 0 aromatic carbocycles. The van der Waals surface area contributed by atoms with Gasteiger partial charge in [0, 0.05) is 32.7 Å². The molecule has 2 N–H and O–H groups in total. The minimum absolute atomic E-state index is 0.667. The van der Waals surface area contributed by atoms with Gasteiger partial charge in [-0.1, -0.05) is 26.7 Å². The summed E-state index contributed by atoms with van der Waals surface area (Å²) in [6, 6.07) is 0.667. The largest absolute Gasteiger partial charge is 0.356 e. The Morgan fingerprint density at radius 1 is 1.24 bits per heavy atom. The monoisotopic (exact) mass is 296 g/mol. The van der Waals surface area contributed by atoms with Gasteiger partial charge in [-0.2, -0.15) is 0 Å². The molecule has 1 aliphatic rings. The van der Waals surface area contributed by atoms with Gasteiger partial charge in [0.2, 0.25) is 0 Å². The Balaban J connectivity index is 2.31. The summed E-state index contributed by atoms with van der Waals surface area (Å²) in [4.78, 5) is 6.94. The van der Waals surface area contributed by atoms with Crippen molar-refractivity contribution in [3.63, 3.8) is 0 Å². The normalized spacial score (nSPS) is 21.1. The molecule has 21 heavy (non-hydrogen) atoms. The average molecular weight is 297 g/mol. The van der Waals surface area contributed by atoms with E-state index in [1.807, 2.05) is 7.05 Å². The van der Waals surface area contributed by atoms with Crippen LogP contribution in [0, 0.1) is 11.8 Å². The number of rotatable bonds is 7. The SMILES string of the molecule is CCC(CC)CNC(=NC)NCC1CCCN(C(C)C)C1. The first-order valence-corrected chi connectivity index (χ1v) is 8.79. The van der Waals surface area contributed by atoms with Crippen molar-refractivity contribution < 1.29 is 0 Å². The molecule has 1 unspecified atom stereocenters. The van der Waals surface area contributed by atoms with Crippen LogP contribution in [0.25, 0.3) is 0 Å². The fraction of sp³-hybridized carbons (Fsp3) is 0.941. The van der Waals surface area contributed by atoms with Crippen molar-refractivity contribution in [2.45, 2.75) is 59.4 Å². The first-order valence-electron chi connectivity index (χ1n) is 8.79. The lowest BCUT2D eigenvalue weighted by Gasteiger charge is -2.35. The molecular weight excluding hydrogens is 260 g/mol. The van der Waals surface area contributed by atoms with Gasteiger partial charge in [0.1, 0.15) is 0 Å². The smallest absolute Gasteiger partial charge is 0.190 e. The van der Waals surface area contributed by atoms with Crippen LogP contribution < -0.4 is 10.6 Å². The number of piperidine rings is 1. The van der Waals surface area contributed by atoms with E-state index in [1.165, 1.54) is 38.8 Å². The van der Waals surface area contributed by atoms with E-state index in [2.05, 4.69) is 48.2 Å². The summed E-state index contributed by atoms with van der Waals surface area (Å²) in [5.74, 6) is 2.45. The van der Waals surface area contributed by atoms with Gasteiger partial charge >= 0.3 is 0 Å². The third kappa shape index (κ3) is 6.68. The minimum atomic E-state index is 0.667. The van der Waals surface area contributed by atoms with E-state index in [-0.39, 0.29) is 0 Å². The maximum Gasteiger partial charge on any atom is 0.190 e. The van der Waals surface area contributed by atoms with Gasteiger partial charge in [0.05, 0.1) is 0 Å². The average Bonchev–Trinajstić information content (AvgIpc) is 2.51. The molecule has 1 saturated heterocycles. The third-order valence-electron chi connectivity index (χ3n) is 4.78. The molecule has 1 fully saturated rings. The van der Waals surface area contributed by atoms with Gasteiger partial charge in [-0.15, -0.1) is 0 Å². The van der Waals surface area contributed by atoms with Crippen molar-refractivity contribution in [1.29, 1.82) is 0 Å². The molecule has 0 amide bonds. The van der Waals surface area contributed by atoms with Crippen molar-refractivity contribution >= 4 is 5.96 Å². The van der Waals surface area contributed by atoms with E-state index in [1.54, 1.807) is 0 Å². The number of hydrogen-bond acceptors (Lipinski definition) is 2. The molecule has 4 nitrogen and oxygen atoms in total. The number of nitrogens with one attached hydrogen (secondary N) is 2. The lowest BCUT2D eigenvalue weighted by molar-refractivity contribution is 0.141. The van der Waals surface area contributed by atoms with Crippen LogP contribution in [0.5, 0.6) is 0 Å². The molecule has 0 spiro atoms. The van der Waals surface area contributed by atoms with Crippen LogP contribution in [0.1, 0.15) is 53.4 Å². The molecule has 1 rings (SSSR count). The van der Waals surface area contributed by atoms with E-state index in [4.69, 9.17) is 0 Å². The Morgan fingerprint density at radius 2 is 1.95 bits per heavy atom. The highest BCUT2D eigenvalue weighted by molar-refractivity contribution is 5.79. The van der Waals surface area contributed by atoms with Crippen LogP contribution in [-0.2, 0) is 0 Å². The second-order valence-corrected chi connectivity index (χ2v) is 6.61. The fourth-order valence-electron chi connectivity index (χ4n) is 3.01. The Bertz CT molecular complexity index is 297. The van der Waals surface area contributed by atoms with E-state index < -0.39 is 0 Å². The summed E-state index contributed by atoms with van der Waals surface area (Å²) < 4.78 is 0. The molecule has 0 aromatic rings. The summed E-state index contributed by atoms with van der Waals surface area (Å²) in [5.41, 5.74) is 0. The number of aliphatic imine (C=N–C) groups is 1. The van der Waals surface area contributed by atoms with Crippen LogP contribution in [0.2, 0.25) is 0 Å². The van der Waals surface area contributed by atoms with Crippen LogP contribution >= 0.6 is 0 Å². The Labute approximate surface area is 131 Å². The van der Waals surface area contributed by atoms with Crippen molar-refractivity contribution in [3.05, 3.63) is 0 Å². The maximum atomic E-state index is 4.35. The summed E-state index contributed by atoms with van der Waals surface area (Å²) in [5, 5.41) is 6.98. The highest BCUT2D eigenvalue weighted by Gasteiger charge is 2.21. The molecule has 1 aliphatic heterocycles. The van der Waals surface area contributed by atoms with Gasteiger partial charge in [-0.05, 0) is 45.1 Å². The summed E-state index contributed by atoms with van der Waals surface area (Å²) in [7, 11) is 1.86. The van der Waals surface area contributed by atoms with Crippen LogP contribution in [0.3, 0.4) is 0 Å². The zero-order valence-corrected chi connectivity index (χ0v) is 14.8. The van der Waals surface area contributed by atoms with Crippen molar-refractivity contribution in [3.8, 4) is 0 Å². The fourth-order valence-corrected chi connectivity index (χ4v) is 3.01. The molecule has 0 radical (unpaired) electrons. The van der Waals surface area contributed by atoms with E-state index in [9.17, 15) is 0 Å². The second kappa shape index (κ2) is 10.0. The topological polar surface area (TPSA) is 39.7 Å². The molecule has 0 aromatic heterocycles. The first-order chi connectivity index (χ1) is 10.1. The van der Waals surface area contributed by atoms with E-state index in [0.29, 0.717) is 6.04 Å². The highest BCUT2D eigenvalue weighted by Crippen LogP contribution is 2.17. The molecule has 1 atom stereocenters. The van der Waals surface area contributed by atoms with Crippen molar-refractivity contribution in [2.75, 3.05) is 33.2 Å². The van der Waals surface area contributed by atoms with Crippen molar-refractivity contribution in [1.82, 2.24) is 15.5 Å². The number of hydrogen-bond donors (Lipinski definition) is 2. The molecule has 4 heteroatoms. The highest BCUT2D eigenvalue weighted by atomic mass is 15.2. The van der Waals surface area contributed by atoms with Crippen LogP contribution in [0.15, 0.2) is 4.99 Å². The maximum absolute atomic E-state index is 4.35. The lowest BCUT2D eigenvalue weighted by atomic mass is 9.97. The van der Waals surface area contributed by atoms with Crippen LogP contribution in [-0.4, -0.2) is 50.1 Å². The van der Waals surface area contributed by atoms with Gasteiger partial charge in [-0.3, -0.25) is 4.99 Å².